The van der Waals surface area contributed by atoms with E-state index in [2.05, 4.69) is 22.1 Å². The molecule has 18 heavy (non-hydrogen) atoms. The number of nitrogens with zero attached hydrogens (tertiary/aromatic N) is 2. The Hall–Kier alpha value is -1.04. The number of halogens is 1. The number of morpholine rings is 1. The Bertz CT molecular complexity index is 396. The first-order valence-electron chi connectivity index (χ1n) is 6.13. The number of aromatic nitrogens is 1. The molecule has 1 aliphatic rings. The maximum Gasteiger partial charge on any atom is 0.149 e. The van der Waals surface area contributed by atoms with Gasteiger partial charge in [0.1, 0.15) is 5.82 Å². The van der Waals surface area contributed by atoms with Gasteiger partial charge in [0.25, 0.3) is 0 Å². The number of anilines is 2. The summed E-state index contributed by atoms with van der Waals surface area (Å²) in [6.07, 6.45) is 1.60. The fourth-order valence-corrected chi connectivity index (χ4v) is 2.19. The highest BCUT2D eigenvalue weighted by Gasteiger charge is 2.14. The summed E-state index contributed by atoms with van der Waals surface area (Å²) in [4.78, 5) is 6.57. The van der Waals surface area contributed by atoms with E-state index in [0.29, 0.717) is 16.5 Å². The molecule has 1 unspecified atom stereocenters. The van der Waals surface area contributed by atoms with Crippen molar-refractivity contribution in [2.75, 3.05) is 43.9 Å². The van der Waals surface area contributed by atoms with Crippen molar-refractivity contribution in [3.63, 3.8) is 0 Å². The predicted octanol–water partition coefficient (Wildman–Crippen LogP) is 1.45. The topological polar surface area (TPSA) is 63.4 Å². The molecule has 100 valence electrons. The van der Waals surface area contributed by atoms with E-state index >= 15 is 0 Å². The average molecular weight is 271 g/mol. The maximum absolute atomic E-state index is 5.86. The van der Waals surface area contributed by atoms with Crippen LogP contribution in [0, 0.1) is 0 Å². The zero-order chi connectivity index (χ0) is 13.0. The zero-order valence-electron chi connectivity index (χ0n) is 10.5. The van der Waals surface area contributed by atoms with E-state index in [-0.39, 0.29) is 6.04 Å². The van der Waals surface area contributed by atoms with Gasteiger partial charge in [-0.1, -0.05) is 11.6 Å². The van der Waals surface area contributed by atoms with Gasteiger partial charge in [-0.15, -0.1) is 0 Å². The van der Waals surface area contributed by atoms with Crippen LogP contribution in [0.4, 0.5) is 11.5 Å². The molecule has 0 saturated carbocycles. The highest BCUT2D eigenvalue weighted by Crippen LogP contribution is 2.20. The number of nitrogens with one attached hydrogen (secondary N) is 1. The minimum Gasteiger partial charge on any atom is -0.396 e. The number of nitrogen functional groups attached to an aromatic ring is 1. The molecule has 1 aliphatic heterocycles. The van der Waals surface area contributed by atoms with Crippen LogP contribution in [0.25, 0.3) is 0 Å². The summed E-state index contributed by atoms with van der Waals surface area (Å²) < 4.78 is 5.32. The minimum atomic E-state index is 0.277. The minimum absolute atomic E-state index is 0.277. The lowest BCUT2D eigenvalue weighted by atomic mass is 10.2. The number of pyridine rings is 1. The predicted molar refractivity (Wildman–Crippen MR) is 74.0 cm³/mol. The summed E-state index contributed by atoms with van der Waals surface area (Å²) >= 11 is 5.82. The Morgan fingerprint density at radius 3 is 2.94 bits per heavy atom. The van der Waals surface area contributed by atoms with Gasteiger partial charge in [-0.25, -0.2) is 4.98 Å². The molecule has 1 aromatic rings. The Labute approximate surface area is 112 Å². The molecular weight excluding hydrogens is 252 g/mol. The van der Waals surface area contributed by atoms with E-state index in [4.69, 9.17) is 22.1 Å². The smallest absolute Gasteiger partial charge is 0.149 e. The van der Waals surface area contributed by atoms with E-state index in [1.807, 2.05) is 0 Å². The third-order valence-electron chi connectivity index (χ3n) is 2.90. The zero-order valence-corrected chi connectivity index (χ0v) is 11.3. The second kappa shape index (κ2) is 6.22. The summed E-state index contributed by atoms with van der Waals surface area (Å²) in [5.41, 5.74) is 6.44. The fraction of sp³-hybridized carbons (Fsp3) is 0.583. The highest BCUT2D eigenvalue weighted by atomic mass is 35.5. The van der Waals surface area contributed by atoms with Crippen molar-refractivity contribution in [1.29, 1.82) is 0 Å². The van der Waals surface area contributed by atoms with Crippen molar-refractivity contribution < 1.29 is 4.74 Å². The lowest BCUT2D eigenvalue weighted by Crippen LogP contribution is -2.42. The van der Waals surface area contributed by atoms with Crippen LogP contribution in [0.1, 0.15) is 6.92 Å². The second-order valence-corrected chi connectivity index (χ2v) is 4.99. The summed E-state index contributed by atoms with van der Waals surface area (Å²) in [6, 6.07) is 1.98. The molecule has 6 heteroatoms. The molecule has 0 amide bonds. The number of ether oxygens (including phenoxy) is 1. The first-order valence-corrected chi connectivity index (χ1v) is 6.50. The third kappa shape index (κ3) is 3.73. The van der Waals surface area contributed by atoms with Gasteiger partial charge in [-0.05, 0) is 13.0 Å². The van der Waals surface area contributed by atoms with Crippen LogP contribution in [0.3, 0.4) is 0 Å². The molecule has 0 aliphatic carbocycles. The van der Waals surface area contributed by atoms with Crippen molar-refractivity contribution >= 4 is 23.1 Å². The molecule has 3 N–H and O–H groups in total. The summed E-state index contributed by atoms with van der Waals surface area (Å²) in [6.45, 7) is 6.66. The van der Waals surface area contributed by atoms with Crippen LogP contribution in [0.15, 0.2) is 12.3 Å². The van der Waals surface area contributed by atoms with Crippen molar-refractivity contribution in [1.82, 2.24) is 9.88 Å². The molecular formula is C12H19ClN4O. The van der Waals surface area contributed by atoms with Crippen molar-refractivity contribution in [2.24, 2.45) is 0 Å². The van der Waals surface area contributed by atoms with E-state index in [0.717, 1.165) is 32.8 Å². The van der Waals surface area contributed by atoms with Gasteiger partial charge in [-0.2, -0.15) is 0 Å². The van der Waals surface area contributed by atoms with Gasteiger partial charge in [0, 0.05) is 31.9 Å². The Morgan fingerprint density at radius 1 is 1.56 bits per heavy atom. The normalized spacial score (nSPS) is 18.6. The van der Waals surface area contributed by atoms with Crippen LogP contribution < -0.4 is 11.1 Å². The lowest BCUT2D eigenvalue weighted by molar-refractivity contribution is 0.0368. The van der Waals surface area contributed by atoms with Gasteiger partial charge in [0.05, 0.1) is 23.9 Å². The SMILES string of the molecule is CC(CN1CCOCC1)Nc1ncc(Cl)cc1N. The summed E-state index contributed by atoms with van der Waals surface area (Å²) in [5.74, 6) is 0.695. The van der Waals surface area contributed by atoms with Crippen LogP contribution in [0.5, 0.6) is 0 Å². The molecule has 0 aromatic carbocycles. The van der Waals surface area contributed by atoms with E-state index in [9.17, 15) is 0 Å². The molecule has 0 spiro atoms. The maximum atomic E-state index is 5.86. The van der Waals surface area contributed by atoms with Crippen LogP contribution in [-0.4, -0.2) is 48.8 Å². The number of hydrogen-bond donors (Lipinski definition) is 2. The Morgan fingerprint density at radius 2 is 2.28 bits per heavy atom. The van der Waals surface area contributed by atoms with E-state index in [1.54, 1.807) is 12.3 Å². The fourth-order valence-electron chi connectivity index (χ4n) is 2.03. The second-order valence-electron chi connectivity index (χ2n) is 4.55. The molecule has 5 nitrogen and oxygen atoms in total. The quantitative estimate of drug-likeness (QED) is 0.867. The molecule has 1 aromatic heterocycles. The Kier molecular flexibility index (Phi) is 4.63. The summed E-state index contributed by atoms with van der Waals surface area (Å²) in [5, 5.41) is 3.86. The van der Waals surface area contributed by atoms with E-state index < -0.39 is 0 Å². The average Bonchev–Trinajstić information content (AvgIpc) is 2.34. The molecule has 0 bridgehead atoms. The first kappa shape index (κ1) is 13.4. The van der Waals surface area contributed by atoms with Gasteiger partial charge >= 0.3 is 0 Å². The molecule has 2 rings (SSSR count). The van der Waals surface area contributed by atoms with Crippen LogP contribution in [-0.2, 0) is 4.74 Å². The van der Waals surface area contributed by atoms with Crippen LogP contribution in [0.2, 0.25) is 5.02 Å². The molecule has 0 radical (unpaired) electrons. The summed E-state index contributed by atoms with van der Waals surface area (Å²) in [7, 11) is 0. The first-order chi connectivity index (χ1) is 8.65. The van der Waals surface area contributed by atoms with E-state index in [1.165, 1.54) is 0 Å². The lowest BCUT2D eigenvalue weighted by Gasteiger charge is -2.29. The number of hydrogen-bond acceptors (Lipinski definition) is 5. The molecule has 1 fully saturated rings. The third-order valence-corrected chi connectivity index (χ3v) is 3.11. The standard InChI is InChI=1S/C12H19ClN4O/c1-9(8-17-2-4-18-5-3-17)16-12-11(14)6-10(13)7-15-12/h6-7,9H,2-5,8,14H2,1H3,(H,15,16). The van der Waals surface area contributed by atoms with Crippen molar-refractivity contribution in [3.8, 4) is 0 Å². The largest absolute Gasteiger partial charge is 0.396 e. The monoisotopic (exact) mass is 270 g/mol. The molecule has 2 heterocycles. The highest BCUT2D eigenvalue weighted by molar-refractivity contribution is 6.30. The van der Waals surface area contributed by atoms with Crippen molar-refractivity contribution in [3.05, 3.63) is 17.3 Å². The van der Waals surface area contributed by atoms with Gasteiger partial charge < -0.3 is 15.8 Å². The van der Waals surface area contributed by atoms with Crippen LogP contribution >= 0.6 is 11.6 Å². The van der Waals surface area contributed by atoms with Gasteiger partial charge in [0.2, 0.25) is 0 Å². The number of rotatable bonds is 4. The van der Waals surface area contributed by atoms with Gasteiger partial charge in [0.15, 0.2) is 0 Å². The molecule has 1 atom stereocenters. The Balaban J connectivity index is 1.87. The van der Waals surface area contributed by atoms with Gasteiger partial charge in [-0.3, -0.25) is 4.90 Å². The van der Waals surface area contributed by atoms with Crippen molar-refractivity contribution in [2.45, 2.75) is 13.0 Å². The molecule has 1 saturated heterocycles. The number of nitrogens with two attached hydrogens (primary N) is 1.